The molecule has 0 aliphatic carbocycles. The lowest BCUT2D eigenvalue weighted by Crippen LogP contribution is -2.29. The molecule has 1 aliphatic heterocycles. The van der Waals surface area contributed by atoms with Crippen LogP contribution in [0.1, 0.15) is 5.69 Å². The van der Waals surface area contributed by atoms with Gasteiger partial charge in [0.2, 0.25) is 6.35 Å². The minimum atomic E-state index is -1.09. The number of nitrogens with one attached hydrogen (secondary N) is 3. The SMILES string of the molecule is NC1=NC(O)Nc2[nH]c(=O)[nH]c21. The topological polar surface area (TPSA) is 119 Å². The standard InChI is InChI=1S/C5H7N5O2/c6-2-1-3(9-4(11)7-1)10-5(12)8-2/h5,10,12H,(H2,6,8)(H2,7,9,11). The number of rotatable bonds is 0. The summed E-state index contributed by atoms with van der Waals surface area (Å²) >= 11 is 0. The number of anilines is 1. The van der Waals surface area contributed by atoms with E-state index in [1.807, 2.05) is 0 Å². The van der Waals surface area contributed by atoms with E-state index in [0.717, 1.165) is 0 Å². The number of hydrogen-bond acceptors (Lipinski definition) is 5. The van der Waals surface area contributed by atoms with Gasteiger partial charge in [0, 0.05) is 0 Å². The number of H-pyrrole nitrogens is 2. The Kier molecular flexibility index (Phi) is 1.22. The molecule has 64 valence electrons. The zero-order chi connectivity index (χ0) is 8.72. The van der Waals surface area contributed by atoms with Gasteiger partial charge in [0.15, 0.2) is 5.84 Å². The number of fused-ring (bicyclic) bond motifs is 1. The summed E-state index contributed by atoms with van der Waals surface area (Å²) in [5, 5.41) is 11.5. The largest absolute Gasteiger partial charge is 0.382 e. The van der Waals surface area contributed by atoms with Gasteiger partial charge in [0.25, 0.3) is 0 Å². The van der Waals surface area contributed by atoms with E-state index in [-0.39, 0.29) is 11.5 Å². The van der Waals surface area contributed by atoms with Gasteiger partial charge in [-0.3, -0.25) is 4.98 Å². The minimum absolute atomic E-state index is 0.106. The number of aliphatic hydroxyl groups is 1. The second-order valence-corrected chi connectivity index (χ2v) is 2.36. The zero-order valence-corrected chi connectivity index (χ0v) is 5.96. The summed E-state index contributed by atoms with van der Waals surface area (Å²) in [5.41, 5.74) is 5.40. The average molecular weight is 169 g/mol. The van der Waals surface area contributed by atoms with Crippen molar-refractivity contribution < 1.29 is 5.11 Å². The molecule has 2 heterocycles. The van der Waals surface area contributed by atoms with Gasteiger partial charge < -0.3 is 21.1 Å². The first-order valence-electron chi connectivity index (χ1n) is 3.27. The minimum Gasteiger partial charge on any atom is -0.382 e. The molecule has 1 aromatic heterocycles. The molecule has 2 rings (SSSR count). The van der Waals surface area contributed by atoms with E-state index >= 15 is 0 Å². The van der Waals surface area contributed by atoms with Gasteiger partial charge in [-0.05, 0) is 0 Å². The maximum atomic E-state index is 10.8. The number of aliphatic hydroxyl groups excluding tert-OH is 1. The van der Waals surface area contributed by atoms with Crippen molar-refractivity contribution in [1.29, 1.82) is 0 Å². The van der Waals surface area contributed by atoms with E-state index in [0.29, 0.717) is 11.5 Å². The molecular weight excluding hydrogens is 162 g/mol. The van der Waals surface area contributed by atoms with Crippen LogP contribution in [0, 0.1) is 0 Å². The third-order valence-electron chi connectivity index (χ3n) is 1.52. The van der Waals surface area contributed by atoms with Gasteiger partial charge >= 0.3 is 5.69 Å². The fourth-order valence-electron chi connectivity index (χ4n) is 1.04. The Labute approximate surface area is 66.3 Å². The second kappa shape index (κ2) is 2.11. The fourth-order valence-corrected chi connectivity index (χ4v) is 1.04. The molecule has 0 bridgehead atoms. The van der Waals surface area contributed by atoms with Gasteiger partial charge in [0.1, 0.15) is 11.5 Å². The summed E-state index contributed by atoms with van der Waals surface area (Å²) in [5.74, 6) is 0.467. The highest BCUT2D eigenvalue weighted by Gasteiger charge is 2.18. The third-order valence-corrected chi connectivity index (χ3v) is 1.52. The van der Waals surface area contributed by atoms with Crippen LogP contribution in [0.2, 0.25) is 0 Å². The summed E-state index contributed by atoms with van der Waals surface area (Å²) in [6, 6.07) is 0. The van der Waals surface area contributed by atoms with Crippen LogP contribution in [-0.4, -0.2) is 27.3 Å². The molecule has 1 atom stereocenters. The molecular formula is C5H7N5O2. The highest BCUT2D eigenvalue weighted by molar-refractivity contribution is 6.01. The van der Waals surface area contributed by atoms with E-state index < -0.39 is 6.35 Å². The molecule has 7 heteroatoms. The molecule has 12 heavy (non-hydrogen) atoms. The summed E-state index contributed by atoms with van der Waals surface area (Å²) in [7, 11) is 0. The van der Waals surface area contributed by atoms with Crippen LogP contribution in [0.15, 0.2) is 9.79 Å². The van der Waals surface area contributed by atoms with Gasteiger partial charge in [-0.15, -0.1) is 0 Å². The van der Waals surface area contributed by atoms with Crippen molar-refractivity contribution in [3.05, 3.63) is 16.2 Å². The molecule has 7 nitrogen and oxygen atoms in total. The van der Waals surface area contributed by atoms with E-state index in [1.165, 1.54) is 0 Å². The molecule has 0 spiro atoms. The molecule has 6 N–H and O–H groups in total. The first-order valence-corrected chi connectivity index (χ1v) is 3.27. The van der Waals surface area contributed by atoms with Crippen molar-refractivity contribution in [2.24, 2.45) is 10.7 Å². The average Bonchev–Trinajstić information content (AvgIpc) is 2.29. The van der Waals surface area contributed by atoms with Crippen LogP contribution >= 0.6 is 0 Å². The molecule has 0 fully saturated rings. The van der Waals surface area contributed by atoms with Crippen LogP contribution in [0.25, 0.3) is 0 Å². The van der Waals surface area contributed by atoms with Gasteiger partial charge in [0.05, 0.1) is 0 Å². The first-order chi connectivity index (χ1) is 5.66. The lowest BCUT2D eigenvalue weighted by Gasteiger charge is -2.15. The Morgan fingerprint density at radius 1 is 1.50 bits per heavy atom. The maximum absolute atomic E-state index is 10.8. The number of hydrogen-bond donors (Lipinski definition) is 5. The van der Waals surface area contributed by atoms with Crippen molar-refractivity contribution >= 4 is 11.7 Å². The predicted octanol–water partition coefficient (Wildman–Crippen LogP) is -1.89. The monoisotopic (exact) mass is 169 g/mol. The van der Waals surface area contributed by atoms with Crippen LogP contribution in [-0.2, 0) is 0 Å². The van der Waals surface area contributed by atoms with Gasteiger partial charge in [-0.2, -0.15) is 0 Å². The Morgan fingerprint density at radius 2 is 2.25 bits per heavy atom. The second-order valence-electron chi connectivity index (χ2n) is 2.36. The fraction of sp³-hybridized carbons (Fsp3) is 0.200. The maximum Gasteiger partial charge on any atom is 0.325 e. The van der Waals surface area contributed by atoms with Crippen molar-refractivity contribution in [2.75, 3.05) is 5.32 Å². The molecule has 0 saturated heterocycles. The van der Waals surface area contributed by atoms with Crippen LogP contribution in [0.3, 0.4) is 0 Å². The lowest BCUT2D eigenvalue weighted by atomic mass is 10.3. The first kappa shape index (κ1) is 6.92. The number of aromatic amines is 2. The van der Waals surface area contributed by atoms with E-state index in [1.54, 1.807) is 0 Å². The number of imidazole rings is 1. The Morgan fingerprint density at radius 3 is 3.00 bits per heavy atom. The Balaban J connectivity index is 2.58. The zero-order valence-electron chi connectivity index (χ0n) is 5.96. The Bertz CT molecular complexity index is 389. The predicted molar refractivity (Wildman–Crippen MR) is 41.8 cm³/mol. The smallest absolute Gasteiger partial charge is 0.325 e. The van der Waals surface area contributed by atoms with E-state index in [4.69, 9.17) is 10.8 Å². The number of aliphatic imine (C=N–C) groups is 1. The molecule has 0 radical (unpaired) electrons. The molecule has 1 unspecified atom stereocenters. The molecule has 1 aromatic rings. The third kappa shape index (κ3) is 0.873. The van der Waals surface area contributed by atoms with Crippen LogP contribution in [0.5, 0.6) is 0 Å². The Hall–Kier alpha value is -1.76. The van der Waals surface area contributed by atoms with Crippen molar-refractivity contribution in [2.45, 2.75) is 6.35 Å². The van der Waals surface area contributed by atoms with Crippen molar-refractivity contribution in [3.8, 4) is 0 Å². The summed E-state index contributed by atoms with van der Waals surface area (Å²) < 4.78 is 0. The highest BCUT2D eigenvalue weighted by Crippen LogP contribution is 2.12. The summed E-state index contributed by atoms with van der Waals surface area (Å²) in [6.07, 6.45) is -1.09. The van der Waals surface area contributed by atoms with Crippen LogP contribution < -0.4 is 16.7 Å². The number of nitrogens with zero attached hydrogens (tertiary/aromatic N) is 1. The van der Waals surface area contributed by atoms with E-state index in [2.05, 4.69) is 20.3 Å². The van der Waals surface area contributed by atoms with Crippen LogP contribution in [0.4, 0.5) is 5.82 Å². The van der Waals surface area contributed by atoms with Crippen molar-refractivity contribution in [3.63, 3.8) is 0 Å². The highest BCUT2D eigenvalue weighted by atomic mass is 16.3. The van der Waals surface area contributed by atoms with E-state index in [9.17, 15) is 4.79 Å². The molecule has 1 aliphatic rings. The van der Waals surface area contributed by atoms with Gasteiger partial charge in [-0.1, -0.05) is 0 Å². The number of aromatic nitrogens is 2. The van der Waals surface area contributed by atoms with Gasteiger partial charge in [-0.25, -0.2) is 9.79 Å². The molecule has 0 amide bonds. The summed E-state index contributed by atoms with van der Waals surface area (Å²) in [6.45, 7) is 0. The normalized spacial score (nSPS) is 21.1. The molecule has 0 saturated carbocycles. The summed E-state index contributed by atoms with van der Waals surface area (Å²) in [4.78, 5) is 19.2. The molecule has 0 aromatic carbocycles. The van der Waals surface area contributed by atoms with Crippen molar-refractivity contribution in [1.82, 2.24) is 9.97 Å². The lowest BCUT2D eigenvalue weighted by molar-refractivity contribution is 0.212. The number of nitrogens with two attached hydrogens (primary N) is 1. The quantitative estimate of drug-likeness (QED) is 0.312. The number of amidine groups is 1.